The van der Waals surface area contributed by atoms with Crippen molar-refractivity contribution in [2.75, 3.05) is 13.6 Å². The summed E-state index contributed by atoms with van der Waals surface area (Å²) < 4.78 is 0. The highest BCUT2D eigenvalue weighted by Gasteiger charge is 2.44. The van der Waals surface area contributed by atoms with Gasteiger partial charge in [-0.2, -0.15) is 0 Å². The van der Waals surface area contributed by atoms with E-state index in [4.69, 9.17) is 5.73 Å². The Bertz CT molecular complexity index is 227. The first-order valence-corrected chi connectivity index (χ1v) is 6.19. The number of hydrogen-bond donors (Lipinski definition) is 1. The molecule has 2 N–H and O–H groups in total. The standard InChI is InChI=1S/C12H22N2O.ClH/c1-14(11(15)3-2-8-13)12(9-4-5-9)10-6-7-10;/h9-10,12H,2-8,13H2,1H3;1H. The van der Waals surface area contributed by atoms with E-state index >= 15 is 0 Å². The smallest absolute Gasteiger partial charge is 0.222 e. The fourth-order valence-electron chi connectivity index (χ4n) is 2.49. The fourth-order valence-corrected chi connectivity index (χ4v) is 2.49. The van der Waals surface area contributed by atoms with Crippen molar-refractivity contribution in [1.29, 1.82) is 0 Å². The molecule has 0 spiro atoms. The minimum absolute atomic E-state index is 0. The summed E-state index contributed by atoms with van der Waals surface area (Å²) >= 11 is 0. The van der Waals surface area contributed by atoms with Gasteiger partial charge in [-0.3, -0.25) is 4.79 Å². The molecule has 3 nitrogen and oxygen atoms in total. The molecule has 2 fully saturated rings. The van der Waals surface area contributed by atoms with Gasteiger partial charge in [0.2, 0.25) is 5.91 Å². The van der Waals surface area contributed by atoms with Crippen LogP contribution in [0.15, 0.2) is 0 Å². The second kappa shape index (κ2) is 5.87. The summed E-state index contributed by atoms with van der Waals surface area (Å²) in [5.74, 6) is 1.91. The van der Waals surface area contributed by atoms with Crippen LogP contribution in [-0.4, -0.2) is 30.4 Å². The number of nitrogens with two attached hydrogens (primary N) is 1. The lowest BCUT2D eigenvalue weighted by Crippen LogP contribution is -2.40. The summed E-state index contributed by atoms with van der Waals surface area (Å²) in [7, 11) is 1.99. The fraction of sp³-hybridized carbons (Fsp3) is 0.917. The summed E-state index contributed by atoms with van der Waals surface area (Å²) in [6, 6.07) is 0.551. The van der Waals surface area contributed by atoms with Gasteiger partial charge in [0.05, 0.1) is 0 Å². The SMILES string of the molecule is CN(C(=O)CCCN)C(C1CC1)C1CC1.Cl. The molecule has 1 amide bonds. The number of amides is 1. The lowest BCUT2D eigenvalue weighted by molar-refractivity contribution is -0.132. The minimum Gasteiger partial charge on any atom is -0.342 e. The Kier molecular flexibility index (Phi) is 5.06. The third-order valence-corrected chi connectivity index (χ3v) is 3.65. The number of carbonyl (C=O) groups is 1. The van der Waals surface area contributed by atoms with Crippen LogP contribution in [0.25, 0.3) is 0 Å². The predicted molar refractivity (Wildman–Crippen MR) is 67.5 cm³/mol. The molecule has 2 aliphatic carbocycles. The maximum Gasteiger partial charge on any atom is 0.222 e. The van der Waals surface area contributed by atoms with Crippen molar-refractivity contribution < 1.29 is 4.79 Å². The molecular weight excluding hydrogens is 224 g/mol. The summed E-state index contributed by atoms with van der Waals surface area (Å²) in [6.45, 7) is 0.622. The first kappa shape index (κ1) is 13.8. The number of rotatable bonds is 6. The van der Waals surface area contributed by atoms with Crippen molar-refractivity contribution in [3.8, 4) is 0 Å². The van der Waals surface area contributed by atoms with Crippen molar-refractivity contribution in [1.82, 2.24) is 4.90 Å². The second-order valence-corrected chi connectivity index (χ2v) is 5.06. The first-order valence-electron chi connectivity index (χ1n) is 6.19. The van der Waals surface area contributed by atoms with Crippen LogP contribution in [0.3, 0.4) is 0 Å². The number of carbonyl (C=O) groups excluding carboxylic acids is 1. The van der Waals surface area contributed by atoms with Crippen molar-refractivity contribution in [2.24, 2.45) is 17.6 Å². The van der Waals surface area contributed by atoms with Gasteiger partial charge in [-0.15, -0.1) is 12.4 Å². The molecule has 2 rings (SSSR count). The maximum absolute atomic E-state index is 11.9. The van der Waals surface area contributed by atoms with Gasteiger partial charge in [0, 0.05) is 19.5 Å². The molecule has 0 heterocycles. The Hall–Kier alpha value is -0.280. The number of hydrogen-bond acceptors (Lipinski definition) is 2. The largest absolute Gasteiger partial charge is 0.342 e. The average molecular weight is 247 g/mol. The van der Waals surface area contributed by atoms with Crippen LogP contribution in [0.1, 0.15) is 38.5 Å². The highest BCUT2D eigenvalue weighted by Crippen LogP contribution is 2.46. The molecule has 0 radical (unpaired) electrons. The van der Waals surface area contributed by atoms with Crippen LogP contribution in [0, 0.1) is 11.8 Å². The van der Waals surface area contributed by atoms with E-state index in [1.165, 1.54) is 25.7 Å². The molecule has 2 saturated carbocycles. The molecule has 0 aromatic carbocycles. The van der Waals surface area contributed by atoms with Crippen LogP contribution in [0.2, 0.25) is 0 Å². The van der Waals surface area contributed by atoms with E-state index in [9.17, 15) is 4.79 Å². The normalized spacial score (nSPS) is 19.4. The van der Waals surface area contributed by atoms with Crippen molar-refractivity contribution in [3.05, 3.63) is 0 Å². The van der Waals surface area contributed by atoms with Gasteiger partial charge in [-0.1, -0.05) is 0 Å². The second-order valence-electron chi connectivity index (χ2n) is 5.06. The lowest BCUT2D eigenvalue weighted by atomic mass is 10.1. The number of halogens is 1. The zero-order chi connectivity index (χ0) is 10.8. The van der Waals surface area contributed by atoms with Crippen molar-refractivity contribution in [3.63, 3.8) is 0 Å². The van der Waals surface area contributed by atoms with Crippen LogP contribution in [0.4, 0.5) is 0 Å². The molecule has 0 aromatic heterocycles. The maximum atomic E-state index is 11.9. The van der Waals surface area contributed by atoms with Gasteiger partial charge < -0.3 is 10.6 Å². The highest BCUT2D eigenvalue weighted by molar-refractivity contribution is 5.85. The van der Waals surface area contributed by atoms with Gasteiger partial charge in [-0.25, -0.2) is 0 Å². The Labute approximate surface area is 104 Å². The molecule has 0 saturated heterocycles. The molecule has 16 heavy (non-hydrogen) atoms. The molecule has 94 valence electrons. The Morgan fingerprint density at radius 3 is 2.19 bits per heavy atom. The third kappa shape index (κ3) is 3.36. The van der Waals surface area contributed by atoms with Crippen molar-refractivity contribution in [2.45, 2.75) is 44.6 Å². The molecule has 0 aromatic rings. The zero-order valence-electron chi connectivity index (χ0n) is 10.0. The average Bonchev–Trinajstić information content (AvgIpc) is 3.06. The first-order chi connectivity index (χ1) is 7.24. The summed E-state index contributed by atoms with van der Waals surface area (Å²) in [4.78, 5) is 13.9. The van der Waals surface area contributed by atoms with Gasteiger partial charge >= 0.3 is 0 Å². The van der Waals surface area contributed by atoms with Crippen molar-refractivity contribution >= 4 is 18.3 Å². The molecule has 0 unspecified atom stereocenters. The highest BCUT2D eigenvalue weighted by atomic mass is 35.5. The molecular formula is C12H23ClN2O. The van der Waals surface area contributed by atoms with Crippen LogP contribution < -0.4 is 5.73 Å². The van der Waals surface area contributed by atoms with Gasteiger partial charge in [0.15, 0.2) is 0 Å². The van der Waals surface area contributed by atoms with E-state index in [0.717, 1.165) is 18.3 Å². The molecule has 0 aliphatic heterocycles. The van der Waals surface area contributed by atoms with E-state index in [2.05, 4.69) is 0 Å². The van der Waals surface area contributed by atoms with E-state index < -0.39 is 0 Å². The van der Waals surface area contributed by atoms with E-state index in [-0.39, 0.29) is 12.4 Å². The van der Waals surface area contributed by atoms with Gasteiger partial charge in [-0.05, 0) is 50.5 Å². The van der Waals surface area contributed by atoms with E-state index in [0.29, 0.717) is 24.9 Å². The quantitative estimate of drug-likeness (QED) is 0.777. The molecule has 4 heteroatoms. The summed E-state index contributed by atoms with van der Waals surface area (Å²) in [6.07, 6.45) is 6.77. The monoisotopic (exact) mass is 246 g/mol. The molecule has 2 aliphatic rings. The number of nitrogens with zero attached hydrogens (tertiary/aromatic N) is 1. The summed E-state index contributed by atoms with van der Waals surface area (Å²) in [5.41, 5.74) is 5.43. The lowest BCUT2D eigenvalue weighted by Gasteiger charge is -2.28. The Balaban J connectivity index is 0.00000128. The summed E-state index contributed by atoms with van der Waals surface area (Å²) in [5, 5.41) is 0. The predicted octanol–water partition coefficient (Wildman–Crippen LogP) is 1.79. The minimum atomic E-state index is 0. The Morgan fingerprint density at radius 2 is 1.81 bits per heavy atom. The van der Waals surface area contributed by atoms with Crippen LogP contribution in [-0.2, 0) is 4.79 Å². The Morgan fingerprint density at radius 1 is 1.31 bits per heavy atom. The topological polar surface area (TPSA) is 46.3 Å². The van der Waals surface area contributed by atoms with E-state index in [1.54, 1.807) is 0 Å². The zero-order valence-corrected chi connectivity index (χ0v) is 10.8. The van der Waals surface area contributed by atoms with E-state index in [1.807, 2.05) is 11.9 Å². The van der Waals surface area contributed by atoms with Crippen LogP contribution >= 0.6 is 12.4 Å². The molecule has 0 atom stereocenters. The molecule has 0 bridgehead atoms. The van der Waals surface area contributed by atoms with Gasteiger partial charge in [0.1, 0.15) is 0 Å². The third-order valence-electron chi connectivity index (χ3n) is 3.65. The van der Waals surface area contributed by atoms with Crippen LogP contribution in [0.5, 0.6) is 0 Å². The van der Waals surface area contributed by atoms with Gasteiger partial charge in [0.25, 0.3) is 0 Å².